The minimum atomic E-state index is -4.00. The number of carbonyl (C=O) groups excluding carboxylic acids is 1. The Morgan fingerprint density at radius 3 is 2.45 bits per heavy atom. The number of thiazole rings is 1. The highest BCUT2D eigenvalue weighted by Crippen LogP contribution is 2.32. The van der Waals surface area contributed by atoms with E-state index in [1.807, 2.05) is 9.62 Å². The zero-order valence-electron chi connectivity index (χ0n) is 19.0. The first-order chi connectivity index (χ1) is 15.8. The molecule has 0 spiro atoms. The molecule has 3 N–H and O–H groups in total. The zero-order chi connectivity index (χ0) is 23.8. The van der Waals surface area contributed by atoms with Gasteiger partial charge in [0, 0.05) is 18.7 Å². The Morgan fingerprint density at radius 2 is 1.82 bits per heavy atom. The number of aromatic nitrogens is 1. The van der Waals surface area contributed by atoms with Crippen LogP contribution >= 0.6 is 11.3 Å². The van der Waals surface area contributed by atoms with E-state index < -0.39 is 22.5 Å². The van der Waals surface area contributed by atoms with Crippen molar-refractivity contribution in [2.24, 2.45) is 0 Å². The molecule has 0 aromatic carbocycles. The van der Waals surface area contributed by atoms with Gasteiger partial charge in [-0.15, -0.1) is 0 Å². The van der Waals surface area contributed by atoms with Crippen LogP contribution in [0.4, 0.5) is 9.93 Å². The fourth-order valence-electron chi connectivity index (χ4n) is 4.59. The van der Waals surface area contributed by atoms with Gasteiger partial charge in [0.1, 0.15) is 6.54 Å². The molecule has 1 heterocycles. The lowest BCUT2D eigenvalue weighted by Crippen LogP contribution is -2.51. The summed E-state index contributed by atoms with van der Waals surface area (Å²) in [5, 5.41) is 11.7. The molecule has 0 radical (unpaired) electrons. The fraction of sp³-hybridized carbons (Fsp3) is 0.762. The lowest BCUT2D eigenvalue weighted by molar-refractivity contribution is -0.135. The second-order valence-electron chi connectivity index (χ2n) is 8.63. The molecular weight excluding hydrogens is 468 g/mol. The van der Waals surface area contributed by atoms with Crippen LogP contribution in [0.5, 0.6) is 0 Å². The summed E-state index contributed by atoms with van der Waals surface area (Å²) in [6.45, 7) is 2.14. The van der Waals surface area contributed by atoms with Gasteiger partial charge in [-0.2, -0.15) is 4.72 Å². The van der Waals surface area contributed by atoms with E-state index in [-0.39, 0.29) is 33.6 Å². The van der Waals surface area contributed by atoms with E-state index in [4.69, 9.17) is 9.84 Å². The molecule has 3 rings (SSSR count). The molecule has 2 fully saturated rings. The monoisotopic (exact) mass is 502 g/mol. The lowest BCUT2D eigenvalue weighted by atomic mass is 9.88. The van der Waals surface area contributed by atoms with Gasteiger partial charge in [0.15, 0.2) is 9.34 Å². The van der Waals surface area contributed by atoms with E-state index in [9.17, 15) is 18.0 Å². The van der Waals surface area contributed by atoms with E-state index in [0.29, 0.717) is 0 Å². The highest BCUT2D eigenvalue weighted by Gasteiger charge is 2.35. The molecule has 33 heavy (non-hydrogen) atoms. The van der Waals surface area contributed by atoms with Crippen LogP contribution in [0.2, 0.25) is 0 Å². The van der Waals surface area contributed by atoms with Gasteiger partial charge < -0.3 is 14.7 Å². The third-order valence-electron chi connectivity index (χ3n) is 6.17. The molecule has 1 aromatic heterocycles. The number of carbonyl (C=O) groups is 2. The van der Waals surface area contributed by atoms with Crippen molar-refractivity contribution in [3.05, 3.63) is 6.20 Å². The van der Waals surface area contributed by atoms with Crippen LogP contribution in [-0.4, -0.2) is 66.7 Å². The number of aliphatic carboxylic acids is 1. The van der Waals surface area contributed by atoms with Gasteiger partial charge in [-0.25, -0.2) is 18.2 Å². The van der Waals surface area contributed by atoms with Crippen molar-refractivity contribution in [1.29, 1.82) is 0 Å². The number of ether oxygens (including phenoxy) is 1. The van der Waals surface area contributed by atoms with Crippen molar-refractivity contribution in [1.82, 2.24) is 14.6 Å². The number of rotatable bonds is 10. The molecule has 2 amide bonds. The first-order valence-electron chi connectivity index (χ1n) is 11.7. The quantitative estimate of drug-likeness (QED) is 0.446. The molecular formula is C21H34N4O6S2. The second-order valence-corrected chi connectivity index (χ2v) is 11.7. The van der Waals surface area contributed by atoms with Crippen LogP contribution in [-0.2, 0) is 19.6 Å². The van der Waals surface area contributed by atoms with Crippen LogP contribution in [0.15, 0.2) is 10.4 Å². The lowest BCUT2D eigenvalue weighted by Gasteiger charge is -2.42. The molecule has 10 nitrogen and oxygen atoms in total. The number of anilines is 1. The summed E-state index contributed by atoms with van der Waals surface area (Å²) in [6.07, 6.45) is 11.3. The number of amides is 2. The van der Waals surface area contributed by atoms with Crippen LogP contribution in [0.3, 0.4) is 0 Å². The largest absolute Gasteiger partial charge is 0.480 e. The predicted octanol–water partition coefficient (Wildman–Crippen LogP) is 3.41. The molecule has 2 saturated carbocycles. The Hall–Kier alpha value is -1.76. The average Bonchev–Trinajstić information content (AvgIpc) is 3.27. The van der Waals surface area contributed by atoms with E-state index in [2.05, 4.69) is 17.2 Å². The molecule has 12 heteroatoms. The van der Waals surface area contributed by atoms with Crippen molar-refractivity contribution < 1.29 is 27.9 Å². The SMILES string of the molecule is CCCOC1CCC(N(C(=O)Nc2ncc(S(=O)(=O)NCC(=O)O)s2)C2CCCCC2)CC1. The van der Waals surface area contributed by atoms with E-state index in [1.165, 1.54) is 6.42 Å². The first kappa shape index (κ1) is 25.9. The van der Waals surface area contributed by atoms with Gasteiger partial charge in [0.25, 0.3) is 10.0 Å². The number of hydrogen-bond acceptors (Lipinski definition) is 7. The maximum atomic E-state index is 13.3. The number of carboxylic acid groups (broad SMARTS) is 1. The Balaban J connectivity index is 1.67. The van der Waals surface area contributed by atoms with Crippen LogP contribution in [0, 0.1) is 0 Å². The van der Waals surface area contributed by atoms with E-state index in [1.54, 1.807) is 0 Å². The zero-order valence-corrected chi connectivity index (χ0v) is 20.6. The minimum Gasteiger partial charge on any atom is -0.480 e. The molecule has 186 valence electrons. The third-order valence-corrected chi connectivity index (χ3v) is 8.95. The number of nitrogens with one attached hydrogen (secondary N) is 2. The summed E-state index contributed by atoms with van der Waals surface area (Å²) in [5.41, 5.74) is 0. The molecule has 0 aliphatic heterocycles. The molecule has 2 aliphatic rings. The molecule has 0 saturated heterocycles. The smallest absolute Gasteiger partial charge is 0.324 e. The summed E-state index contributed by atoms with van der Waals surface area (Å²) >= 11 is 0.807. The fourth-order valence-corrected chi connectivity index (χ4v) is 6.63. The topological polar surface area (TPSA) is 138 Å². The summed E-state index contributed by atoms with van der Waals surface area (Å²) < 4.78 is 32.2. The predicted molar refractivity (Wildman–Crippen MR) is 125 cm³/mol. The van der Waals surface area contributed by atoms with Crippen molar-refractivity contribution in [2.45, 2.75) is 93.5 Å². The average molecular weight is 503 g/mol. The van der Waals surface area contributed by atoms with Gasteiger partial charge >= 0.3 is 12.0 Å². The van der Waals surface area contributed by atoms with Gasteiger partial charge in [-0.05, 0) is 44.9 Å². The third kappa shape index (κ3) is 7.36. The highest BCUT2D eigenvalue weighted by atomic mass is 32.2. The van der Waals surface area contributed by atoms with Gasteiger partial charge in [0.2, 0.25) is 0 Å². The minimum absolute atomic E-state index is 0.120. The number of carboxylic acids is 1. The Labute approximate surface area is 199 Å². The van der Waals surface area contributed by atoms with Crippen LogP contribution in [0.25, 0.3) is 0 Å². The number of hydrogen-bond donors (Lipinski definition) is 3. The molecule has 0 unspecified atom stereocenters. The van der Waals surface area contributed by atoms with E-state index >= 15 is 0 Å². The van der Waals surface area contributed by atoms with Gasteiger partial charge in [0.05, 0.1) is 12.3 Å². The van der Waals surface area contributed by atoms with Crippen molar-refractivity contribution in [3.63, 3.8) is 0 Å². The van der Waals surface area contributed by atoms with Gasteiger partial charge in [-0.1, -0.05) is 37.5 Å². The number of urea groups is 1. The van der Waals surface area contributed by atoms with Crippen molar-refractivity contribution in [2.75, 3.05) is 18.5 Å². The normalized spacial score (nSPS) is 22.1. The number of sulfonamides is 1. The molecule has 0 atom stereocenters. The Bertz CT molecular complexity index is 892. The number of nitrogens with zero attached hydrogens (tertiary/aromatic N) is 2. The first-order valence-corrected chi connectivity index (χ1v) is 14.0. The summed E-state index contributed by atoms with van der Waals surface area (Å²) in [4.78, 5) is 30.0. The summed E-state index contributed by atoms with van der Waals surface area (Å²) in [7, 11) is -4.00. The van der Waals surface area contributed by atoms with E-state index in [0.717, 1.165) is 81.9 Å². The van der Waals surface area contributed by atoms with Crippen molar-refractivity contribution in [3.8, 4) is 0 Å². The summed E-state index contributed by atoms with van der Waals surface area (Å²) in [6, 6.07) is 0.0313. The van der Waals surface area contributed by atoms with Crippen LogP contribution in [0.1, 0.15) is 71.1 Å². The molecule has 2 aliphatic carbocycles. The Kier molecular flexibility index (Phi) is 9.47. The second kappa shape index (κ2) is 12.1. The molecule has 0 bridgehead atoms. The highest BCUT2D eigenvalue weighted by molar-refractivity contribution is 7.91. The maximum Gasteiger partial charge on any atom is 0.324 e. The maximum absolute atomic E-state index is 13.3. The van der Waals surface area contributed by atoms with Crippen molar-refractivity contribution >= 4 is 38.5 Å². The summed E-state index contributed by atoms with van der Waals surface area (Å²) in [5.74, 6) is -1.28. The van der Waals surface area contributed by atoms with Crippen LogP contribution < -0.4 is 10.0 Å². The van der Waals surface area contributed by atoms with Gasteiger partial charge in [-0.3, -0.25) is 10.1 Å². The Morgan fingerprint density at radius 1 is 1.15 bits per heavy atom. The standard InChI is InChI=1S/C21H34N4O6S2/c1-2-12-31-17-10-8-16(9-11-17)25(15-6-4-3-5-7-15)21(28)24-20-22-14-19(32-20)33(29,30)23-13-18(26)27/h14-17,23H,2-13H2,1H3,(H,26,27)(H,22,24,28). The molecule has 1 aromatic rings.